The lowest BCUT2D eigenvalue weighted by molar-refractivity contribution is 0.121. The van der Waals surface area contributed by atoms with E-state index in [1.165, 1.54) is 0 Å². The molecule has 0 bridgehead atoms. The van der Waals surface area contributed by atoms with Gasteiger partial charge in [-0.25, -0.2) is 0 Å². The maximum Gasteiger partial charge on any atom is 0.229 e. The van der Waals surface area contributed by atoms with E-state index in [1.54, 1.807) is 18.2 Å². The minimum Gasteiger partial charge on any atom is -0.508 e. The van der Waals surface area contributed by atoms with Gasteiger partial charge in [-0.2, -0.15) is 15.1 Å². The van der Waals surface area contributed by atoms with E-state index in [4.69, 9.17) is 14.5 Å². The average Bonchev–Trinajstić information content (AvgIpc) is 2.75. The highest BCUT2D eigenvalue weighted by Crippen LogP contribution is 2.24. The standard InChI is InChI=1S/C19H24N6O3/c26-16-3-1-2-15(12-16)14-20-23-17-13-18(24-4-8-27-9-5-24)22-19(21-17)25-6-10-28-11-7-25/h1-3,12-13,26H,4-11,14H2. The molecule has 2 aliphatic heterocycles. The van der Waals surface area contributed by atoms with Crippen LogP contribution in [0.15, 0.2) is 40.6 Å². The number of nitrogens with zero attached hydrogens (tertiary/aromatic N) is 6. The summed E-state index contributed by atoms with van der Waals surface area (Å²) >= 11 is 0. The van der Waals surface area contributed by atoms with Crippen molar-refractivity contribution in [3.8, 4) is 5.75 Å². The molecule has 0 radical (unpaired) electrons. The number of phenols is 1. The van der Waals surface area contributed by atoms with Gasteiger partial charge < -0.3 is 24.4 Å². The lowest BCUT2D eigenvalue weighted by atomic mass is 10.2. The van der Waals surface area contributed by atoms with Gasteiger partial charge in [-0.05, 0) is 17.7 Å². The number of anilines is 2. The van der Waals surface area contributed by atoms with Crippen LogP contribution in [0.2, 0.25) is 0 Å². The molecule has 1 aromatic heterocycles. The maximum absolute atomic E-state index is 9.57. The maximum atomic E-state index is 9.57. The van der Waals surface area contributed by atoms with E-state index in [0.29, 0.717) is 44.7 Å². The van der Waals surface area contributed by atoms with E-state index in [0.717, 1.165) is 37.6 Å². The second-order valence-electron chi connectivity index (χ2n) is 6.65. The summed E-state index contributed by atoms with van der Waals surface area (Å²) in [5.74, 6) is 2.24. The molecule has 0 unspecified atom stereocenters. The van der Waals surface area contributed by atoms with Gasteiger partial charge in [0.05, 0.1) is 33.0 Å². The first kappa shape index (κ1) is 18.6. The summed E-state index contributed by atoms with van der Waals surface area (Å²) in [6.07, 6.45) is 0. The summed E-state index contributed by atoms with van der Waals surface area (Å²) in [4.78, 5) is 13.6. The van der Waals surface area contributed by atoms with Crippen molar-refractivity contribution in [3.63, 3.8) is 0 Å². The molecule has 0 atom stereocenters. The van der Waals surface area contributed by atoms with E-state index < -0.39 is 0 Å². The average molecular weight is 384 g/mol. The van der Waals surface area contributed by atoms with Crippen molar-refractivity contribution in [2.24, 2.45) is 10.2 Å². The summed E-state index contributed by atoms with van der Waals surface area (Å²) in [7, 11) is 0. The molecule has 0 spiro atoms. The molecule has 1 N–H and O–H groups in total. The third-order valence-electron chi connectivity index (χ3n) is 4.65. The third-order valence-corrected chi connectivity index (χ3v) is 4.65. The second-order valence-corrected chi connectivity index (χ2v) is 6.65. The zero-order valence-electron chi connectivity index (χ0n) is 15.7. The SMILES string of the molecule is Oc1cccc(CN=Nc2cc(N3CCOCC3)nc(N3CCOCC3)n2)c1. The highest BCUT2D eigenvalue weighted by atomic mass is 16.5. The number of morpholine rings is 2. The fourth-order valence-corrected chi connectivity index (χ4v) is 3.16. The van der Waals surface area contributed by atoms with E-state index >= 15 is 0 Å². The van der Waals surface area contributed by atoms with Crippen LogP contribution in [0, 0.1) is 0 Å². The topological polar surface area (TPSA) is 95.7 Å². The first-order valence-electron chi connectivity index (χ1n) is 9.48. The predicted octanol–water partition coefficient (Wildman–Crippen LogP) is 2.14. The minimum absolute atomic E-state index is 0.221. The van der Waals surface area contributed by atoms with Crippen molar-refractivity contribution >= 4 is 17.6 Å². The van der Waals surface area contributed by atoms with Gasteiger partial charge in [0.25, 0.3) is 0 Å². The summed E-state index contributed by atoms with van der Waals surface area (Å²) in [5.41, 5.74) is 0.889. The van der Waals surface area contributed by atoms with Crippen LogP contribution in [0.3, 0.4) is 0 Å². The molecule has 0 saturated carbocycles. The van der Waals surface area contributed by atoms with Crippen LogP contribution in [0.1, 0.15) is 5.56 Å². The molecule has 2 saturated heterocycles. The van der Waals surface area contributed by atoms with Crippen molar-refractivity contribution in [2.75, 3.05) is 62.4 Å². The van der Waals surface area contributed by atoms with Gasteiger partial charge in [0.1, 0.15) is 11.6 Å². The highest BCUT2D eigenvalue weighted by Gasteiger charge is 2.19. The van der Waals surface area contributed by atoms with Crippen LogP contribution in [-0.4, -0.2) is 67.7 Å². The molecule has 9 nitrogen and oxygen atoms in total. The Balaban J connectivity index is 1.56. The third kappa shape index (κ3) is 4.73. The van der Waals surface area contributed by atoms with Crippen LogP contribution >= 0.6 is 0 Å². The predicted molar refractivity (Wildman–Crippen MR) is 104 cm³/mol. The quantitative estimate of drug-likeness (QED) is 0.789. The number of rotatable bonds is 5. The van der Waals surface area contributed by atoms with Gasteiger partial charge in [-0.1, -0.05) is 12.1 Å². The molecule has 0 amide bonds. The number of aromatic nitrogens is 2. The fourth-order valence-electron chi connectivity index (χ4n) is 3.16. The lowest BCUT2D eigenvalue weighted by Crippen LogP contribution is -2.39. The summed E-state index contributed by atoms with van der Waals surface area (Å²) < 4.78 is 10.9. The lowest BCUT2D eigenvalue weighted by Gasteiger charge is -2.30. The van der Waals surface area contributed by atoms with E-state index in [1.807, 2.05) is 12.1 Å². The molecule has 1 aromatic carbocycles. The van der Waals surface area contributed by atoms with Crippen molar-refractivity contribution in [3.05, 3.63) is 35.9 Å². The molecular weight excluding hydrogens is 360 g/mol. The van der Waals surface area contributed by atoms with Gasteiger partial charge >= 0.3 is 0 Å². The van der Waals surface area contributed by atoms with Gasteiger partial charge in [0, 0.05) is 32.2 Å². The van der Waals surface area contributed by atoms with Crippen LogP contribution in [0.25, 0.3) is 0 Å². The Bertz CT molecular complexity index is 783. The number of phenolic OH excluding ortho intramolecular Hbond substituents is 1. The number of hydrogen-bond acceptors (Lipinski definition) is 9. The first-order chi connectivity index (χ1) is 13.8. The van der Waals surface area contributed by atoms with Crippen molar-refractivity contribution in [1.82, 2.24) is 9.97 Å². The summed E-state index contributed by atoms with van der Waals surface area (Å²) in [6, 6.07) is 8.86. The Labute approximate surface area is 163 Å². The molecule has 0 aliphatic carbocycles. The molecule has 2 fully saturated rings. The molecule has 2 aliphatic rings. The van der Waals surface area contributed by atoms with Crippen molar-refractivity contribution in [1.29, 1.82) is 0 Å². The number of aromatic hydroxyl groups is 1. The Morgan fingerprint density at radius 2 is 1.64 bits per heavy atom. The molecule has 4 rings (SSSR count). The molecule has 3 heterocycles. The number of azo groups is 1. The smallest absolute Gasteiger partial charge is 0.229 e. The van der Waals surface area contributed by atoms with Gasteiger partial charge in [0.15, 0.2) is 5.82 Å². The highest BCUT2D eigenvalue weighted by molar-refractivity contribution is 5.52. The van der Waals surface area contributed by atoms with Gasteiger partial charge in [-0.15, -0.1) is 5.11 Å². The van der Waals surface area contributed by atoms with Crippen LogP contribution < -0.4 is 9.80 Å². The Morgan fingerprint density at radius 1 is 0.929 bits per heavy atom. The monoisotopic (exact) mass is 384 g/mol. The van der Waals surface area contributed by atoms with Gasteiger partial charge in [0.2, 0.25) is 5.95 Å². The van der Waals surface area contributed by atoms with Crippen molar-refractivity contribution < 1.29 is 14.6 Å². The number of ether oxygens (including phenoxy) is 2. The molecule has 28 heavy (non-hydrogen) atoms. The Kier molecular flexibility index (Phi) is 5.93. The normalized spacial score (nSPS) is 18.0. The zero-order chi connectivity index (χ0) is 19.2. The molecule has 2 aromatic rings. The van der Waals surface area contributed by atoms with E-state index in [-0.39, 0.29) is 5.75 Å². The summed E-state index contributed by atoms with van der Waals surface area (Å²) in [5, 5.41) is 18.1. The molecular formula is C19H24N6O3. The largest absolute Gasteiger partial charge is 0.508 e. The van der Waals surface area contributed by atoms with Crippen LogP contribution in [0.4, 0.5) is 17.6 Å². The zero-order valence-corrected chi connectivity index (χ0v) is 15.7. The first-order valence-corrected chi connectivity index (χ1v) is 9.48. The fraction of sp³-hybridized carbons (Fsp3) is 0.474. The van der Waals surface area contributed by atoms with Crippen LogP contribution in [0.5, 0.6) is 5.75 Å². The van der Waals surface area contributed by atoms with Gasteiger partial charge in [-0.3, -0.25) is 0 Å². The molecule has 148 valence electrons. The number of benzene rings is 1. The van der Waals surface area contributed by atoms with E-state index in [2.05, 4.69) is 25.0 Å². The summed E-state index contributed by atoms with van der Waals surface area (Å²) in [6.45, 7) is 6.17. The van der Waals surface area contributed by atoms with Crippen molar-refractivity contribution in [2.45, 2.75) is 6.54 Å². The van der Waals surface area contributed by atoms with Crippen LogP contribution in [-0.2, 0) is 16.0 Å². The number of hydrogen-bond donors (Lipinski definition) is 1. The minimum atomic E-state index is 0.221. The molecule has 9 heteroatoms. The Hall–Kier alpha value is -2.78. The Morgan fingerprint density at radius 3 is 2.36 bits per heavy atom. The second kappa shape index (κ2) is 8.94. The van der Waals surface area contributed by atoms with E-state index in [9.17, 15) is 5.11 Å².